The number of hydrogen-bond donors (Lipinski definition) is 2. The Hall–Kier alpha value is -3.95. The second kappa shape index (κ2) is 9.12. The predicted octanol–water partition coefficient (Wildman–Crippen LogP) is 2.80. The molecule has 2 aromatic carbocycles. The van der Waals surface area contributed by atoms with Crippen LogP contribution in [0.25, 0.3) is 5.57 Å². The van der Waals surface area contributed by atoms with Crippen molar-refractivity contribution in [3.8, 4) is 0 Å². The van der Waals surface area contributed by atoms with Crippen molar-refractivity contribution in [3.05, 3.63) is 77.0 Å². The number of nitrogens with two attached hydrogens (primary N) is 1. The zero-order chi connectivity index (χ0) is 24.5. The molecule has 3 N–H and O–H groups in total. The minimum atomic E-state index is -4.49. The highest BCUT2D eigenvalue weighted by Crippen LogP contribution is 2.31. The number of rotatable bonds is 5. The van der Waals surface area contributed by atoms with Crippen molar-refractivity contribution in [1.82, 2.24) is 10.2 Å². The summed E-state index contributed by atoms with van der Waals surface area (Å²) < 4.78 is 38.8. The smallest absolute Gasteiger partial charge is 0.404 e. The van der Waals surface area contributed by atoms with Crippen LogP contribution in [0.3, 0.4) is 0 Å². The van der Waals surface area contributed by atoms with Crippen LogP contribution in [0.1, 0.15) is 39.9 Å². The van der Waals surface area contributed by atoms with Crippen molar-refractivity contribution in [2.24, 2.45) is 10.7 Å². The van der Waals surface area contributed by atoms with Gasteiger partial charge in [-0.05, 0) is 29.7 Å². The van der Waals surface area contributed by atoms with Crippen molar-refractivity contribution in [2.75, 3.05) is 6.54 Å². The summed E-state index contributed by atoms with van der Waals surface area (Å²) in [5.74, 6) is -1.24. The van der Waals surface area contributed by atoms with Gasteiger partial charge < -0.3 is 10.6 Å². The number of amides is 3. The molecule has 0 bridgehead atoms. The van der Waals surface area contributed by atoms with Gasteiger partial charge in [-0.15, -0.1) is 0 Å². The van der Waals surface area contributed by atoms with Crippen LogP contribution in [0.15, 0.2) is 59.7 Å². The van der Waals surface area contributed by atoms with Crippen molar-refractivity contribution in [1.29, 1.82) is 0 Å². The Kier molecular flexibility index (Phi) is 6.23. The Morgan fingerprint density at radius 3 is 2.50 bits per heavy atom. The number of fused-ring (bicyclic) bond motifs is 1. The molecule has 0 aromatic heterocycles. The van der Waals surface area contributed by atoms with Gasteiger partial charge in [0.2, 0.25) is 11.8 Å². The van der Waals surface area contributed by atoms with E-state index >= 15 is 0 Å². The third-order valence-corrected chi connectivity index (χ3v) is 5.72. The first kappa shape index (κ1) is 23.2. The van der Waals surface area contributed by atoms with Gasteiger partial charge in [0.25, 0.3) is 5.91 Å². The van der Waals surface area contributed by atoms with Crippen molar-refractivity contribution < 1.29 is 27.6 Å². The van der Waals surface area contributed by atoms with Crippen molar-refractivity contribution in [2.45, 2.75) is 31.6 Å². The van der Waals surface area contributed by atoms with Gasteiger partial charge in [0, 0.05) is 35.9 Å². The zero-order valence-electron chi connectivity index (χ0n) is 17.9. The fourth-order valence-electron chi connectivity index (χ4n) is 4.15. The molecule has 2 aliphatic rings. The molecular formula is C24H21F3N4O3. The number of allylic oxidation sites excluding steroid dienone is 1. The van der Waals surface area contributed by atoms with Gasteiger partial charge in [-0.2, -0.15) is 13.2 Å². The maximum atomic E-state index is 12.9. The van der Waals surface area contributed by atoms with Gasteiger partial charge in [0.1, 0.15) is 12.6 Å². The lowest BCUT2D eigenvalue weighted by atomic mass is 9.94. The van der Waals surface area contributed by atoms with E-state index in [1.165, 1.54) is 11.1 Å². The van der Waals surface area contributed by atoms with Gasteiger partial charge in [-0.3, -0.25) is 24.7 Å². The number of carbonyl (C=O) groups is 3. The number of piperidine rings is 1. The second-order valence-electron chi connectivity index (χ2n) is 8.00. The molecule has 34 heavy (non-hydrogen) atoms. The van der Waals surface area contributed by atoms with Crippen LogP contribution in [0.2, 0.25) is 0 Å². The molecule has 1 saturated heterocycles. The van der Waals surface area contributed by atoms with Gasteiger partial charge in [-0.1, -0.05) is 36.4 Å². The monoisotopic (exact) mass is 470 g/mol. The number of nitrogens with zero attached hydrogens (tertiary/aromatic N) is 2. The number of halogens is 3. The van der Waals surface area contributed by atoms with Crippen LogP contribution < -0.4 is 11.1 Å². The summed E-state index contributed by atoms with van der Waals surface area (Å²) in [5, 5.41) is 2.25. The molecule has 176 valence electrons. The van der Waals surface area contributed by atoms with E-state index in [0.29, 0.717) is 22.3 Å². The predicted molar refractivity (Wildman–Crippen MR) is 119 cm³/mol. The van der Waals surface area contributed by atoms with Crippen LogP contribution in [-0.4, -0.2) is 47.1 Å². The lowest BCUT2D eigenvalue weighted by Gasteiger charge is -2.29. The van der Waals surface area contributed by atoms with Crippen LogP contribution >= 0.6 is 0 Å². The summed E-state index contributed by atoms with van der Waals surface area (Å²) in [6, 6.07) is 12.5. The number of nitrogens with one attached hydrogen (secondary N) is 1. The minimum absolute atomic E-state index is 0.0757. The first-order chi connectivity index (χ1) is 16.2. The Morgan fingerprint density at radius 1 is 1.12 bits per heavy atom. The summed E-state index contributed by atoms with van der Waals surface area (Å²) >= 11 is 0. The zero-order valence-corrected chi connectivity index (χ0v) is 17.9. The topological polar surface area (TPSA) is 105 Å². The van der Waals surface area contributed by atoms with E-state index in [2.05, 4.69) is 10.3 Å². The maximum Gasteiger partial charge on any atom is 0.407 e. The summed E-state index contributed by atoms with van der Waals surface area (Å²) in [6.45, 7) is -1.24. The molecule has 2 heterocycles. The summed E-state index contributed by atoms with van der Waals surface area (Å²) in [4.78, 5) is 41.8. The summed E-state index contributed by atoms with van der Waals surface area (Å²) in [7, 11) is 0. The molecule has 2 aromatic rings. The second-order valence-corrected chi connectivity index (χ2v) is 8.00. The lowest BCUT2D eigenvalue weighted by molar-refractivity contribution is -0.137. The largest absolute Gasteiger partial charge is 0.407 e. The highest BCUT2D eigenvalue weighted by molar-refractivity contribution is 6.31. The van der Waals surface area contributed by atoms with Crippen LogP contribution in [0.4, 0.5) is 13.2 Å². The van der Waals surface area contributed by atoms with Gasteiger partial charge >= 0.3 is 6.18 Å². The van der Waals surface area contributed by atoms with Gasteiger partial charge in [0.05, 0.1) is 5.71 Å². The SMILES string of the molecule is NC=C(C(=NCC(F)(F)F)c1ccccc1)c1ccc2c(c1)CN(C1CCC(=O)NC1=O)C2=O. The number of imide groups is 1. The number of hydrogen-bond acceptors (Lipinski definition) is 5. The molecule has 1 unspecified atom stereocenters. The number of alkyl halides is 3. The summed E-state index contributed by atoms with van der Waals surface area (Å²) in [5.41, 5.74) is 8.15. The molecule has 7 nitrogen and oxygen atoms in total. The molecule has 4 rings (SSSR count). The molecular weight excluding hydrogens is 449 g/mol. The highest BCUT2D eigenvalue weighted by Gasteiger charge is 2.39. The quantitative estimate of drug-likeness (QED) is 0.518. The first-order valence-corrected chi connectivity index (χ1v) is 10.5. The molecule has 0 radical (unpaired) electrons. The average molecular weight is 470 g/mol. The fourth-order valence-corrected chi connectivity index (χ4v) is 4.15. The first-order valence-electron chi connectivity index (χ1n) is 10.5. The molecule has 1 fully saturated rings. The molecule has 3 amide bonds. The van der Waals surface area contributed by atoms with Crippen LogP contribution in [-0.2, 0) is 16.1 Å². The standard InChI is InChI=1S/C24H21F3N4O3/c25-24(26,27)13-29-21(14-4-2-1-3-5-14)18(11-28)15-6-7-17-16(10-15)12-31(23(17)34)19-8-9-20(32)30-22(19)33/h1-7,10-11,19H,8-9,12-13,28H2,(H,30,32,33). The van der Waals surface area contributed by atoms with E-state index in [-0.39, 0.29) is 42.5 Å². The Morgan fingerprint density at radius 2 is 1.85 bits per heavy atom. The molecule has 1 atom stereocenters. The number of carbonyl (C=O) groups excluding carboxylic acids is 3. The average Bonchev–Trinajstić information content (AvgIpc) is 3.12. The van der Waals surface area contributed by atoms with Gasteiger partial charge in [0.15, 0.2) is 0 Å². The van der Waals surface area contributed by atoms with Crippen LogP contribution in [0, 0.1) is 0 Å². The van der Waals surface area contributed by atoms with Crippen molar-refractivity contribution >= 4 is 29.0 Å². The fraction of sp³-hybridized carbons (Fsp3) is 0.250. The third-order valence-electron chi connectivity index (χ3n) is 5.72. The Balaban J connectivity index is 1.67. The highest BCUT2D eigenvalue weighted by atomic mass is 19.4. The Labute approximate surface area is 193 Å². The van der Waals surface area contributed by atoms with Crippen LogP contribution in [0.5, 0.6) is 0 Å². The molecule has 10 heteroatoms. The number of benzene rings is 2. The van der Waals surface area contributed by atoms with E-state index in [1.807, 2.05) is 0 Å². The maximum absolute atomic E-state index is 12.9. The summed E-state index contributed by atoms with van der Waals surface area (Å²) in [6.07, 6.45) is -2.93. The molecule has 0 saturated carbocycles. The Bertz CT molecular complexity index is 1210. The third kappa shape index (κ3) is 4.70. The van der Waals surface area contributed by atoms with E-state index in [4.69, 9.17) is 5.73 Å². The normalized spacial score (nSPS) is 19.3. The van der Waals surface area contributed by atoms with E-state index < -0.39 is 24.7 Å². The molecule has 0 spiro atoms. The van der Waals surface area contributed by atoms with Gasteiger partial charge in [-0.25, -0.2) is 0 Å². The number of aliphatic imine (C=N–C) groups is 1. The van der Waals surface area contributed by atoms with E-state index in [1.54, 1.807) is 48.5 Å². The van der Waals surface area contributed by atoms with E-state index in [9.17, 15) is 27.6 Å². The molecule has 2 aliphatic heterocycles. The van der Waals surface area contributed by atoms with Crippen molar-refractivity contribution in [3.63, 3.8) is 0 Å². The molecule has 0 aliphatic carbocycles. The van der Waals surface area contributed by atoms with E-state index in [0.717, 1.165) is 0 Å². The minimum Gasteiger partial charge on any atom is -0.404 e. The lowest BCUT2D eigenvalue weighted by Crippen LogP contribution is -2.52.